The van der Waals surface area contributed by atoms with Crippen molar-refractivity contribution in [3.8, 4) is 5.82 Å². The minimum atomic E-state index is -3.33. The molecule has 1 aliphatic heterocycles. The number of likely N-dealkylation sites (tertiary alicyclic amines) is 1. The fraction of sp³-hybridized carbons (Fsp3) is 0.471. The van der Waals surface area contributed by atoms with Gasteiger partial charge in [0.05, 0.1) is 17.0 Å². The van der Waals surface area contributed by atoms with Crippen LogP contribution in [0.25, 0.3) is 5.82 Å². The molecule has 146 valence electrons. The summed E-state index contributed by atoms with van der Waals surface area (Å²) in [5.41, 5.74) is 1.89. The second-order valence-corrected chi connectivity index (χ2v) is 9.01. The number of halogens is 1. The maximum atomic E-state index is 13.0. The van der Waals surface area contributed by atoms with Crippen LogP contribution in [-0.4, -0.2) is 59.4 Å². The Balaban J connectivity index is 1.86. The summed E-state index contributed by atoms with van der Waals surface area (Å²) in [5, 5.41) is 4.64. The van der Waals surface area contributed by atoms with Crippen molar-refractivity contribution in [2.75, 3.05) is 19.3 Å². The smallest absolute Gasteiger partial charge is 0.274 e. The van der Waals surface area contributed by atoms with Crippen LogP contribution < -0.4 is 4.72 Å². The zero-order valence-corrected chi connectivity index (χ0v) is 17.0. The topological polar surface area (TPSA) is 97.2 Å². The lowest BCUT2D eigenvalue weighted by Gasteiger charge is -2.32. The molecule has 1 fully saturated rings. The number of pyridine rings is 1. The van der Waals surface area contributed by atoms with E-state index < -0.39 is 10.0 Å². The molecule has 1 N–H and O–H groups in total. The minimum absolute atomic E-state index is 0.140. The summed E-state index contributed by atoms with van der Waals surface area (Å²) in [6, 6.07) is 4.95. The van der Waals surface area contributed by atoms with Gasteiger partial charge in [0, 0.05) is 24.8 Å². The van der Waals surface area contributed by atoms with Crippen molar-refractivity contribution in [1.82, 2.24) is 24.4 Å². The number of hydrogen-bond donors (Lipinski definition) is 1. The van der Waals surface area contributed by atoms with Gasteiger partial charge in [-0.05, 0) is 44.9 Å². The van der Waals surface area contributed by atoms with Gasteiger partial charge in [0.25, 0.3) is 5.91 Å². The van der Waals surface area contributed by atoms with Crippen LogP contribution in [0.4, 0.5) is 0 Å². The monoisotopic (exact) mass is 411 g/mol. The largest absolute Gasteiger partial charge is 0.336 e. The SMILES string of the molecule is Cc1cc(C)n(-c2ccc(Cl)c(C(=O)N3CCCC(NS(C)(=O)=O)C3)n2)n1. The van der Waals surface area contributed by atoms with Crippen molar-refractivity contribution < 1.29 is 13.2 Å². The molecule has 8 nitrogen and oxygen atoms in total. The average Bonchev–Trinajstić information content (AvgIpc) is 2.92. The number of aryl methyl sites for hydroxylation is 2. The summed E-state index contributed by atoms with van der Waals surface area (Å²) < 4.78 is 27.2. The van der Waals surface area contributed by atoms with Crippen LogP contribution in [0.1, 0.15) is 34.7 Å². The maximum Gasteiger partial charge on any atom is 0.274 e. The van der Waals surface area contributed by atoms with Crippen molar-refractivity contribution in [3.63, 3.8) is 0 Å². The molecule has 1 aliphatic rings. The molecule has 10 heteroatoms. The third kappa shape index (κ3) is 4.66. The molecular weight excluding hydrogens is 390 g/mol. The van der Waals surface area contributed by atoms with Crippen LogP contribution in [0.15, 0.2) is 18.2 Å². The van der Waals surface area contributed by atoms with Crippen molar-refractivity contribution in [1.29, 1.82) is 0 Å². The average molecular weight is 412 g/mol. The highest BCUT2D eigenvalue weighted by Crippen LogP contribution is 2.21. The number of hydrogen-bond acceptors (Lipinski definition) is 5. The summed E-state index contributed by atoms with van der Waals surface area (Å²) in [6.45, 7) is 4.61. The van der Waals surface area contributed by atoms with Crippen LogP contribution >= 0.6 is 11.6 Å². The molecule has 2 aromatic heterocycles. The van der Waals surface area contributed by atoms with Gasteiger partial charge in [0.1, 0.15) is 5.69 Å². The molecule has 3 rings (SSSR count). The Hall–Kier alpha value is -1.97. The highest BCUT2D eigenvalue weighted by Gasteiger charge is 2.28. The van der Waals surface area contributed by atoms with E-state index in [1.165, 1.54) is 0 Å². The first-order valence-electron chi connectivity index (χ1n) is 8.61. The van der Waals surface area contributed by atoms with Crippen molar-refractivity contribution in [2.45, 2.75) is 32.7 Å². The third-order valence-corrected chi connectivity index (χ3v) is 5.42. The van der Waals surface area contributed by atoms with Gasteiger partial charge in [-0.15, -0.1) is 0 Å². The molecule has 0 saturated carbocycles. The number of carbonyl (C=O) groups is 1. The van der Waals surface area contributed by atoms with E-state index in [-0.39, 0.29) is 29.2 Å². The number of nitrogens with zero attached hydrogens (tertiary/aromatic N) is 4. The van der Waals surface area contributed by atoms with E-state index in [0.717, 1.165) is 17.6 Å². The number of rotatable bonds is 4. The molecule has 0 spiro atoms. The fourth-order valence-electron chi connectivity index (χ4n) is 3.27. The molecule has 0 radical (unpaired) electrons. The lowest BCUT2D eigenvalue weighted by atomic mass is 10.1. The molecule has 2 aromatic rings. The molecule has 27 heavy (non-hydrogen) atoms. The Bertz CT molecular complexity index is 973. The van der Waals surface area contributed by atoms with E-state index in [1.807, 2.05) is 19.9 Å². The van der Waals surface area contributed by atoms with E-state index >= 15 is 0 Å². The molecule has 0 aromatic carbocycles. The van der Waals surface area contributed by atoms with E-state index in [0.29, 0.717) is 25.2 Å². The summed E-state index contributed by atoms with van der Waals surface area (Å²) in [7, 11) is -3.33. The number of amides is 1. The first-order valence-corrected chi connectivity index (χ1v) is 10.9. The lowest BCUT2D eigenvalue weighted by molar-refractivity contribution is 0.0697. The van der Waals surface area contributed by atoms with Crippen molar-refractivity contribution in [3.05, 3.63) is 40.3 Å². The molecule has 1 atom stereocenters. The Labute approximate surface area is 163 Å². The normalized spacial score (nSPS) is 17.9. The van der Waals surface area contributed by atoms with Gasteiger partial charge in [-0.2, -0.15) is 5.10 Å². The first-order chi connectivity index (χ1) is 12.6. The van der Waals surface area contributed by atoms with Gasteiger partial charge >= 0.3 is 0 Å². The Morgan fingerprint density at radius 1 is 1.33 bits per heavy atom. The Morgan fingerprint density at radius 2 is 2.07 bits per heavy atom. The van der Waals surface area contributed by atoms with E-state index in [2.05, 4.69) is 14.8 Å². The van der Waals surface area contributed by atoms with Crippen molar-refractivity contribution in [2.24, 2.45) is 0 Å². The van der Waals surface area contributed by atoms with Crippen molar-refractivity contribution >= 4 is 27.5 Å². The Kier molecular flexibility index (Phi) is 5.55. The lowest BCUT2D eigenvalue weighted by Crippen LogP contribution is -2.49. The first kappa shape index (κ1) is 19.8. The zero-order chi connectivity index (χ0) is 19.8. The van der Waals surface area contributed by atoms with Crippen LogP contribution in [0, 0.1) is 13.8 Å². The summed E-state index contributed by atoms with van der Waals surface area (Å²) >= 11 is 6.23. The minimum Gasteiger partial charge on any atom is -0.336 e. The maximum absolute atomic E-state index is 13.0. The fourth-order valence-corrected chi connectivity index (χ4v) is 4.25. The van der Waals surface area contributed by atoms with E-state index in [4.69, 9.17) is 11.6 Å². The highest BCUT2D eigenvalue weighted by molar-refractivity contribution is 7.88. The molecule has 1 amide bonds. The molecule has 1 saturated heterocycles. The number of aromatic nitrogens is 3. The van der Waals surface area contributed by atoms with Gasteiger partial charge in [-0.3, -0.25) is 4.79 Å². The Morgan fingerprint density at radius 3 is 2.70 bits per heavy atom. The molecular formula is C17H22ClN5O3S. The zero-order valence-electron chi connectivity index (χ0n) is 15.4. The molecule has 0 aliphatic carbocycles. The number of carbonyl (C=O) groups excluding carboxylic acids is 1. The second-order valence-electron chi connectivity index (χ2n) is 6.82. The number of nitrogens with one attached hydrogen (secondary N) is 1. The number of sulfonamides is 1. The molecule has 3 heterocycles. The van der Waals surface area contributed by atoms with Gasteiger partial charge in [0.15, 0.2) is 5.82 Å². The standard InChI is InChI=1S/C17H22ClN5O3S/c1-11-9-12(2)23(20-11)15-7-6-14(18)16(19-15)17(24)22-8-4-5-13(10-22)21-27(3,25)26/h6-7,9,13,21H,4-5,8,10H2,1-3H3. The third-order valence-electron chi connectivity index (χ3n) is 4.35. The van der Waals surface area contributed by atoms with Gasteiger partial charge in [-0.25, -0.2) is 22.8 Å². The second kappa shape index (κ2) is 7.57. The predicted octanol–water partition coefficient (Wildman–Crippen LogP) is 1.69. The number of piperidine rings is 1. The van der Waals surface area contributed by atoms with Crippen LogP contribution in [0.5, 0.6) is 0 Å². The van der Waals surface area contributed by atoms with Gasteiger partial charge in [-0.1, -0.05) is 11.6 Å². The van der Waals surface area contributed by atoms with E-state index in [9.17, 15) is 13.2 Å². The van der Waals surface area contributed by atoms with Crippen LogP contribution in [-0.2, 0) is 10.0 Å². The quantitative estimate of drug-likeness (QED) is 0.825. The predicted molar refractivity (Wildman–Crippen MR) is 103 cm³/mol. The molecule has 1 unspecified atom stereocenters. The van der Waals surface area contributed by atoms with Crippen LogP contribution in [0.2, 0.25) is 5.02 Å². The molecule has 0 bridgehead atoms. The summed E-state index contributed by atoms with van der Waals surface area (Å²) in [6.07, 6.45) is 2.50. The van der Waals surface area contributed by atoms with Gasteiger partial charge in [0.2, 0.25) is 10.0 Å². The van der Waals surface area contributed by atoms with Gasteiger partial charge < -0.3 is 4.90 Å². The van der Waals surface area contributed by atoms with E-state index in [1.54, 1.807) is 21.7 Å². The summed E-state index contributed by atoms with van der Waals surface area (Å²) in [4.78, 5) is 19.0. The summed E-state index contributed by atoms with van der Waals surface area (Å²) in [5.74, 6) is 0.194. The van der Waals surface area contributed by atoms with Crippen LogP contribution in [0.3, 0.4) is 0 Å². The highest BCUT2D eigenvalue weighted by atomic mass is 35.5.